The van der Waals surface area contributed by atoms with E-state index in [0.717, 1.165) is 28.7 Å². The Kier molecular flexibility index (Phi) is 4.17. The summed E-state index contributed by atoms with van der Waals surface area (Å²) in [6.45, 7) is 1.56. The summed E-state index contributed by atoms with van der Waals surface area (Å²) in [7, 11) is 3.13. The molecule has 4 rings (SSSR count). The minimum absolute atomic E-state index is 0.0119. The molecular weight excluding hydrogens is 344 g/mol. The molecule has 2 aromatic carbocycles. The lowest BCUT2D eigenvalue weighted by atomic mass is 9.99. The fourth-order valence-corrected chi connectivity index (χ4v) is 3.69. The van der Waals surface area contributed by atoms with Gasteiger partial charge >= 0.3 is 0 Å². The van der Waals surface area contributed by atoms with Crippen molar-refractivity contribution in [2.45, 2.75) is 38.2 Å². The van der Waals surface area contributed by atoms with Crippen LogP contribution in [0.5, 0.6) is 17.2 Å². The number of ketones is 2. The Morgan fingerprint density at radius 2 is 1.70 bits per heavy atom. The largest absolute Gasteiger partial charge is 0.493 e. The van der Waals surface area contributed by atoms with Crippen LogP contribution in [-0.2, 0) is 11.2 Å². The topological polar surface area (TPSA) is 61.8 Å². The molecule has 5 heteroatoms. The van der Waals surface area contributed by atoms with Crippen molar-refractivity contribution < 1.29 is 23.8 Å². The Labute approximate surface area is 158 Å². The van der Waals surface area contributed by atoms with E-state index in [-0.39, 0.29) is 11.6 Å². The van der Waals surface area contributed by atoms with Gasteiger partial charge in [-0.15, -0.1) is 0 Å². The molecule has 0 aliphatic heterocycles. The summed E-state index contributed by atoms with van der Waals surface area (Å²) in [6, 6.07) is 9.56. The lowest BCUT2D eigenvalue weighted by Gasteiger charge is -2.22. The number of hydrogen-bond acceptors (Lipinski definition) is 5. The van der Waals surface area contributed by atoms with E-state index in [0.29, 0.717) is 36.5 Å². The van der Waals surface area contributed by atoms with Gasteiger partial charge in [0.15, 0.2) is 28.7 Å². The summed E-state index contributed by atoms with van der Waals surface area (Å²) in [5.41, 5.74) is 2.82. The molecular formula is C22H22O5. The molecule has 1 saturated carbocycles. The van der Waals surface area contributed by atoms with Gasteiger partial charge in [0, 0.05) is 17.5 Å². The fraction of sp³-hybridized carbons (Fsp3) is 0.364. The Balaban J connectivity index is 1.85. The summed E-state index contributed by atoms with van der Waals surface area (Å²) < 4.78 is 17.2. The van der Waals surface area contributed by atoms with Gasteiger partial charge in [0.1, 0.15) is 0 Å². The van der Waals surface area contributed by atoms with E-state index in [1.165, 1.54) is 0 Å². The average Bonchev–Trinajstić information content (AvgIpc) is 3.37. The van der Waals surface area contributed by atoms with E-state index in [9.17, 15) is 9.59 Å². The molecule has 140 valence electrons. The second-order valence-corrected chi connectivity index (χ2v) is 7.13. The molecule has 27 heavy (non-hydrogen) atoms. The minimum atomic E-state index is -0.777. The van der Waals surface area contributed by atoms with Crippen molar-refractivity contribution in [3.8, 4) is 28.4 Å². The Hall–Kier alpha value is -2.82. The van der Waals surface area contributed by atoms with E-state index in [2.05, 4.69) is 0 Å². The molecule has 0 aromatic heterocycles. The summed E-state index contributed by atoms with van der Waals surface area (Å²) in [5, 5.41) is 0. The SMILES string of the molecule is COc1ccc(-c2ccc3c(c2)CCC3=O)c(OC2(C(C)=O)CC2)c1OC. The Morgan fingerprint density at radius 1 is 0.963 bits per heavy atom. The van der Waals surface area contributed by atoms with Crippen LogP contribution in [0.25, 0.3) is 11.1 Å². The third-order valence-electron chi connectivity index (χ3n) is 5.48. The highest BCUT2D eigenvalue weighted by Crippen LogP contribution is 2.50. The molecule has 2 aliphatic carbocycles. The maximum atomic E-state index is 12.1. The number of aryl methyl sites for hydroxylation is 1. The molecule has 1 fully saturated rings. The summed E-state index contributed by atoms with van der Waals surface area (Å²) >= 11 is 0. The fourth-order valence-electron chi connectivity index (χ4n) is 3.69. The number of Topliss-reactive ketones (excluding diaryl/α,β-unsaturated/α-hetero) is 2. The zero-order valence-electron chi connectivity index (χ0n) is 15.8. The molecule has 0 unspecified atom stereocenters. The monoisotopic (exact) mass is 366 g/mol. The molecule has 0 saturated heterocycles. The van der Waals surface area contributed by atoms with Crippen molar-refractivity contribution in [3.63, 3.8) is 0 Å². The minimum Gasteiger partial charge on any atom is -0.493 e. The van der Waals surface area contributed by atoms with Crippen molar-refractivity contribution in [3.05, 3.63) is 41.5 Å². The smallest absolute Gasteiger partial charge is 0.203 e. The molecule has 0 N–H and O–H groups in total. The molecule has 0 spiro atoms. The number of hydrogen-bond donors (Lipinski definition) is 0. The van der Waals surface area contributed by atoms with Gasteiger partial charge in [0.05, 0.1) is 14.2 Å². The maximum absolute atomic E-state index is 12.1. The zero-order chi connectivity index (χ0) is 19.2. The first-order valence-electron chi connectivity index (χ1n) is 9.10. The Morgan fingerprint density at radius 3 is 2.33 bits per heavy atom. The van der Waals surface area contributed by atoms with Crippen LogP contribution in [0.2, 0.25) is 0 Å². The summed E-state index contributed by atoms with van der Waals surface area (Å²) in [4.78, 5) is 24.0. The van der Waals surface area contributed by atoms with Crippen LogP contribution in [0.15, 0.2) is 30.3 Å². The molecule has 0 radical (unpaired) electrons. The van der Waals surface area contributed by atoms with Crippen LogP contribution in [-0.4, -0.2) is 31.4 Å². The standard InChI is InChI=1S/C22H22O5/c1-13(23)22(10-11-22)27-20-17(7-9-19(25-2)21(20)26-3)15-4-6-16-14(12-15)5-8-18(16)24/h4,6-7,9,12H,5,8,10-11H2,1-3H3. The number of fused-ring (bicyclic) bond motifs is 1. The van der Waals surface area contributed by atoms with Crippen LogP contribution in [0, 0.1) is 0 Å². The second kappa shape index (κ2) is 6.41. The Bertz CT molecular complexity index is 940. The predicted octanol–water partition coefficient (Wildman–Crippen LogP) is 4.00. The van der Waals surface area contributed by atoms with Crippen LogP contribution in [0.3, 0.4) is 0 Å². The van der Waals surface area contributed by atoms with E-state index in [4.69, 9.17) is 14.2 Å². The highest BCUT2D eigenvalue weighted by Gasteiger charge is 2.51. The first kappa shape index (κ1) is 17.6. The van der Waals surface area contributed by atoms with Crippen molar-refractivity contribution >= 4 is 11.6 Å². The quantitative estimate of drug-likeness (QED) is 0.773. The summed E-state index contributed by atoms with van der Waals surface area (Å²) in [5.74, 6) is 1.73. The van der Waals surface area contributed by atoms with Gasteiger partial charge in [-0.1, -0.05) is 18.2 Å². The van der Waals surface area contributed by atoms with Gasteiger partial charge in [0.25, 0.3) is 0 Å². The van der Waals surface area contributed by atoms with Crippen LogP contribution < -0.4 is 14.2 Å². The first-order valence-corrected chi connectivity index (χ1v) is 9.10. The van der Waals surface area contributed by atoms with Gasteiger partial charge in [-0.25, -0.2) is 0 Å². The van der Waals surface area contributed by atoms with E-state index in [1.807, 2.05) is 30.3 Å². The molecule has 0 bridgehead atoms. The van der Waals surface area contributed by atoms with Gasteiger partial charge in [-0.2, -0.15) is 0 Å². The highest BCUT2D eigenvalue weighted by atomic mass is 16.5. The van der Waals surface area contributed by atoms with E-state index >= 15 is 0 Å². The number of carbonyl (C=O) groups is 2. The predicted molar refractivity (Wildman–Crippen MR) is 101 cm³/mol. The average molecular weight is 366 g/mol. The highest BCUT2D eigenvalue weighted by molar-refractivity contribution is 6.01. The lowest BCUT2D eigenvalue weighted by molar-refractivity contribution is -0.125. The van der Waals surface area contributed by atoms with Crippen LogP contribution >= 0.6 is 0 Å². The van der Waals surface area contributed by atoms with E-state index in [1.54, 1.807) is 21.1 Å². The van der Waals surface area contributed by atoms with Crippen LogP contribution in [0.4, 0.5) is 0 Å². The maximum Gasteiger partial charge on any atom is 0.203 e. The number of benzene rings is 2. The molecule has 0 atom stereocenters. The van der Waals surface area contributed by atoms with Gasteiger partial charge in [-0.05, 0) is 49.4 Å². The third kappa shape index (κ3) is 2.87. The zero-order valence-corrected chi connectivity index (χ0v) is 15.8. The first-order chi connectivity index (χ1) is 13.0. The normalized spacial score (nSPS) is 16.6. The van der Waals surface area contributed by atoms with Crippen molar-refractivity contribution in [1.82, 2.24) is 0 Å². The number of methoxy groups -OCH3 is 2. The van der Waals surface area contributed by atoms with Gasteiger partial charge in [-0.3, -0.25) is 9.59 Å². The summed E-state index contributed by atoms with van der Waals surface area (Å²) in [6.07, 6.45) is 2.70. The van der Waals surface area contributed by atoms with E-state index < -0.39 is 5.60 Å². The van der Waals surface area contributed by atoms with Crippen LogP contribution in [0.1, 0.15) is 42.1 Å². The second-order valence-electron chi connectivity index (χ2n) is 7.13. The molecule has 0 heterocycles. The van der Waals surface area contributed by atoms with Crippen molar-refractivity contribution in [2.75, 3.05) is 14.2 Å². The third-order valence-corrected chi connectivity index (χ3v) is 5.48. The molecule has 0 amide bonds. The van der Waals surface area contributed by atoms with Gasteiger partial charge in [0.2, 0.25) is 5.75 Å². The molecule has 5 nitrogen and oxygen atoms in total. The van der Waals surface area contributed by atoms with Crippen molar-refractivity contribution in [2.24, 2.45) is 0 Å². The molecule has 2 aromatic rings. The number of ether oxygens (including phenoxy) is 3. The molecule has 2 aliphatic rings. The van der Waals surface area contributed by atoms with Gasteiger partial charge < -0.3 is 14.2 Å². The van der Waals surface area contributed by atoms with Crippen molar-refractivity contribution in [1.29, 1.82) is 0 Å². The number of carbonyl (C=O) groups excluding carboxylic acids is 2. The lowest BCUT2D eigenvalue weighted by Crippen LogP contribution is -2.27. The number of rotatable bonds is 6.